The molecule has 3 heteroatoms. The highest BCUT2D eigenvalue weighted by Crippen LogP contribution is 2.61. The lowest BCUT2D eigenvalue weighted by Crippen LogP contribution is -2.63. The molecular formula is C20H34O3. The molecule has 132 valence electrons. The molecule has 0 radical (unpaired) electrons. The van der Waals surface area contributed by atoms with Crippen LogP contribution in [0.15, 0.2) is 0 Å². The van der Waals surface area contributed by atoms with E-state index in [-0.39, 0.29) is 29.5 Å². The van der Waals surface area contributed by atoms with E-state index in [1.165, 1.54) is 19.3 Å². The number of carbonyl (C=O) groups is 1. The van der Waals surface area contributed by atoms with Crippen LogP contribution in [0.1, 0.15) is 78.1 Å². The Morgan fingerprint density at radius 2 is 1.91 bits per heavy atom. The number of Topliss-reactive ketones (excluding diaryl/α,β-unsaturated/α-hetero) is 1. The summed E-state index contributed by atoms with van der Waals surface area (Å²) in [6.45, 7) is 4.17. The molecule has 0 amide bonds. The Bertz CT molecular complexity index is 429. The topological polar surface area (TPSA) is 57.5 Å². The van der Waals surface area contributed by atoms with E-state index in [0.717, 1.165) is 44.9 Å². The Morgan fingerprint density at radius 1 is 1.22 bits per heavy atom. The molecule has 3 saturated carbocycles. The van der Waals surface area contributed by atoms with Gasteiger partial charge in [-0.3, -0.25) is 4.79 Å². The lowest BCUT2D eigenvalue weighted by Gasteiger charge is -2.60. The molecule has 0 saturated heterocycles. The lowest BCUT2D eigenvalue weighted by atomic mass is 9.43. The third kappa shape index (κ3) is 2.89. The third-order valence-electron chi connectivity index (χ3n) is 7.54. The largest absolute Gasteiger partial charge is 0.393 e. The molecule has 0 heterocycles. The average molecular weight is 322 g/mol. The molecule has 0 aromatic carbocycles. The van der Waals surface area contributed by atoms with Gasteiger partial charge < -0.3 is 10.2 Å². The van der Waals surface area contributed by atoms with E-state index in [1.807, 2.05) is 6.92 Å². The maximum atomic E-state index is 12.5. The molecule has 3 fully saturated rings. The van der Waals surface area contributed by atoms with Crippen LogP contribution in [0.3, 0.4) is 0 Å². The van der Waals surface area contributed by atoms with E-state index < -0.39 is 0 Å². The number of fused-ring (bicyclic) bond motifs is 1. The second-order valence-corrected chi connectivity index (χ2v) is 8.50. The van der Waals surface area contributed by atoms with Gasteiger partial charge in [0.05, 0.1) is 12.2 Å². The monoisotopic (exact) mass is 322 g/mol. The summed E-state index contributed by atoms with van der Waals surface area (Å²) in [6.07, 6.45) is 9.83. The van der Waals surface area contributed by atoms with Gasteiger partial charge in [0.15, 0.2) is 0 Å². The minimum atomic E-state index is -0.284. The first-order valence-corrected chi connectivity index (χ1v) is 9.91. The minimum Gasteiger partial charge on any atom is -0.393 e. The Labute approximate surface area is 140 Å². The van der Waals surface area contributed by atoms with Crippen molar-refractivity contribution in [3.63, 3.8) is 0 Å². The highest BCUT2D eigenvalue weighted by atomic mass is 16.3. The minimum absolute atomic E-state index is 0.0988. The average Bonchev–Trinajstić information content (AvgIpc) is 2.60. The number of rotatable bonds is 5. The van der Waals surface area contributed by atoms with Crippen LogP contribution in [0.25, 0.3) is 0 Å². The van der Waals surface area contributed by atoms with Crippen LogP contribution in [-0.2, 0) is 4.79 Å². The Balaban J connectivity index is 1.62. The van der Waals surface area contributed by atoms with Crippen LogP contribution in [0, 0.1) is 29.1 Å². The zero-order chi connectivity index (χ0) is 16.6. The van der Waals surface area contributed by atoms with Gasteiger partial charge in [0.25, 0.3) is 0 Å². The number of aliphatic hydroxyl groups is 2. The highest BCUT2D eigenvalue weighted by Gasteiger charge is 2.63. The van der Waals surface area contributed by atoms with Crippen molar-refractivity contribution in [2.45, 2.75) is 90.3 Å². The standard InChI is InChI=1S/C20H34O3/c1-3-20-12-11-17(22)15(18(20)13(2)19(20)23)9-10-16(21)14-7-5-4-6-8-14/h13-18,21-22H,3-12H2,1-2H3/t13?,15-,16-,17+,18+,20-/m1/s1. The van der Waals surface area contributed by atoms with Gasteiger partial charge in [0.2, 0.25) is 0 Å². The van der Waals surface area contributed by atoms with E-state index in [9.17, 15) is 15.0 Å². The lowest BCUT2D eigenvalue weighted by molar-refractivity contribution is -0.180. The fourth-order valence-electron chi connectivity index (χ4n) is 6.17. The van der Waals surface area contributed by atoms with Crippen molar-refractivity contribution in [3.05, 3.63) is 0 Å². The van der Waals surface area contributed by atoms with E-state index in [1.54, 1.807) is 0 Å². The molecule has 3 aliphatic carbocycles. The number of carbonyl (C=O) groups excluding carboxylic acids is 1. The van der Waals surface area contributed by atoms with E-state index in [2.05, 4.69) is 6.92 Å². The SMILES string of the molecule is CC[C@@]12CC[C@H](O)[C@@H](CC[C@@H](O)C3CCCCC3)[C@@H]1C(C)C2=O. The van der Waals surface area contributed by atoms with Crippen molar-refractivity contribution in [1.29, 1.82) is 0 Å². The second kappa shape index (κ2) is 6.84. The summed E-state index contributed by atoms with van der Waals surface area (Å²) in [4.78, 5) is 12.5. The first-order valence-electron chi connectivity index (χ1n) is 9.91. The number of hydrogen-bond acceptors (Lipinski definition) is 3. The van der Waals surface area contributed by atoms with Crippen molar-refractivity contribution in [1.82, 2.24) is 0 Å². The Kier molecular flexibility index (Phi) is 5.18. The fourth-order valence-corrected chi connectivity index (χ4v) is 6.17. The number of hydrogen-bond donors (Lipinski definition) is 2. The summed E-state index contributed by atoms with van der Waals surface area (Å²) in [5.74, 6) is 1.52. The maximum Gasteiger partial charge on any atom is 0.142 e. The summed E-state index contributed by atoms with van der Waals surface area (Å²) in [7, 11) is 0. The summed E-state index contributed by atoms with van der Waals surface area (Å²) < 4.78 is 0. The van der Waals surface area contributed by atoms with Gasteiger partial charge in [0.1, 0.15) is 5.78 Å². The molecule has 6 atom stereocenters. The Morgan fingerprint density at radius 3 is 2.57 bits per heavy atom. The van der Waals surface area contributed by atoms with Crippen LogP contribution in [-0.4, -0.2) is 28.2 Å². The van der Waals surface area contributed by atoms with Gasteiger partial charge in [-0.1, -0.05) is 33.1 Å². The zero-order valence-corrected chi connectivity index (χ0v) is 14.8. The van der Waals surface area contributed by atoms with Crippen molar-refractivity contribution in [3.8, 4) is 0 Å². The smallest absolute Gasteiger partial charge is 0.142 e. The molecule has 3 rings (SSSR count). The molecule has 0 aromatic rings. The summed E-state index contributed by atoms with van der Waals surface area (Å²) >= 11 is 0. The molecule has 0 aromatic heterocycles. The van der Waals surface area contributed by atoms with Crippen LogP contribution >= 0.6 is 0 Å². The van der Waals surface area contributed by atoms with Crippen LogP contribution in [0.2, 0.25) is 0 Å². The predicted octanol–water partition coefficient (Wildman–Crippen LogP) is 3.71. The fraction of sp³-hybridized carbons (Fsp3) is 0.950. The molecule has 0 spiro atoms. The van der Waals surface area contributed by atoms with Gasteiger partial charge in [-0.05, 0) is 62.7 Å². The number of aliphatic hydroxyl groups excluding tert-OH is 2. The van der Waals surface area contributed by atoms with Crippen LogP contribution < -0.4 is 0 Å². The van der Waals surface area contributed by atoms with Crippen molar-refractivity contribution >= 4 is 5.78 Å². The van der Waals surface area contributed by atoms with Crippen molar-refractivity contribution in [2.24, 2.45) is 29.1 Å². The third-order valence-corrected chi connectivity index (χ3v) is 7.54. The van der Waals surface area contributed by atoms with E-state index in [4.69, 9.17) is 0 Å². The molecule has 3 nitrogen and oxygen atoms in total. The van der Waals surface area contributed by atoms with E-state index >= 15 is 0 Å². The molecule has 23 heavy (non-hydrogen) atoms. The molecular weight excluding hydrogens is 288 g/mol. The highest BCUT2D eigenvalue weighted by molar-refractivity contribution is 5.94. The van der Waals surface area contributed by atoms with Gasteiger partial charge in [-0.15, -0.1) is 0 Å². The van der Waals surface area contributed by atoms with Gasteiger partial charge in [-0.2, -0.15) is 0 Å². The number of ketones is 1. The van der Waals surface area contributed by atoms with Crippen LogP contribution in [0.5, 0.6) is 0 Å². The first-order chi connectivity index (χ1) is 11.0. The summed E-state index contributed by atoms with van der Waals surface area (Å²) in [5, 5.41) is 21.1. The molecule has 0 aliphatic heterocycles. The second-order valence-electron chi connectivity index (χ2n) is 8.50. The van der Waals surface area contributed by atoms with Crippen molar-refractivity contribution in [2.75, 3.05) is 0 Å². The molecule has 2 N–H and O–H groups in total. The zero-order valence-electron chi connectivity index (χ0n) is 14.8. The summed E-state index contributed by atoms with van der Waals surface area (Å²) in [5.41, 5.74) is -0.154. The quantitative estimate of drug-likeness (QED) is 0.811. The Hall–Kier alpha value is -0.410. The van der Waals surface area contributed by atoms with Crippen LogP contribution in [0.4, 0.5) is 0 Å². The molecule has 1 unspecified atom stereocenters. The molecule has 3 aliphatic rings. The summed E-state index contributed by atoms with van der Waals surface area (Å²) in [6, 6.07) is 0. The normalized spacial score (nSPS) is 42.9. The molecule has 0 bridgehead atoms. The first kappa shape index (κ1) is 17.4. The van der Waals surface area contributed by atoms with Crippen molar-refractivity contribution < 1.29 is 15.0 Å². The van der Waals surface area contributed by atoms with E-state index in [0.29, 0.717) is 17.6 Å². The maximum absolute atomic E-state index is 12.5. The van der Waals surface area contributed by atoms with Gasteiger partial charge >= 0.3 is 0 Å². The van der Waals surface area contributed by atoms with Gasteiger partial charge in [-0.25, -0.2) is 0 Å². The van der Waals surface area contributed by atoms with Gasteiger partial charge in [0, 0.05) is 11.3 Å². The predicted molar refractivity (Wildman–Crippen MR) is 90.9 cm³/mol.